The van der Waals surface area contributed by atoms with E-state index in [2.05, 4.69) is 10.6 Å². The monoisotopic (exact) mass is 263 g/mol. The lowest BCUT2D eigenvalue weighted by molar-refractivity contribution is -0.128. The number of carbonyl (C=O) groups excluding carboxylic acids is 2. The Morgan fingerprint density at radius 3 is 2.53 bits per heavy atom. The van der Waals surface area contributed by atoms with Crippen LogP contribution in [0.15, 0.2) is 24.3 Å². The lowest BCUT2D eigenvalue weighted by Gasteiger charge is -2.19. The van der Waals surface area contributed by atoms with Crippen LogP contribution in [-0.4, -0.2) is 36.9 Å². The van der Waals surface area contributed by atoms with Gasteiger partial charge in [-0.2, -0.15) is 0 Å². The Balaban J connectivity index is 2.84. The van der Waals surface area contributed by atoms with Crippen molar-refractivity contribution in [1.29, 1.82) is 0 Å². The minimum Gasteiger partial charge on any atom is -0.342 e. The molecule has 0 saturated heterocycles. The van der Waals surface area contributed by atoms with Gasteiger partial charge in [-0.05, 0) is 25.6 Å². The Labute approximate surface area is 114 Å². The van der Waals surface area contributed by atoms with E-state index in [1.165, 1.54) is 6.92 Å². The number of likely N-dealkylation sites (N-methyl/N-ethyl adjacent to an activating group) is 1. The number of para-hydroxylation sites is 1. The van der Waals surface area contributed by atoms with Crippen molar-refractivity contribution in [3.8, 4) is 0 Å². The molecular weight excluding hydrogens is 242 g/mol. The van der Waals surface area contributed by atoms with E-state index in [1.54, 1.807) is 25.9 Å². The molecule has 5 nitrogen and oxygen atoms in total. The summed E-state index contributed by atoms with van der Waals surface area (Å²) >= 11 is 0. The van der Waals surface area contributed by atoms with Crippen molar-refractivity contribution in [2.45, 2.75) is 26.4 Å². The minimum absolute atomic E-state index is 0.00952. The summed E-state index contributed by atoms with van der Waals surface area (Å²) < 4.78 is 0. The first-order valence-electron chi connectivity index (χ1n) is 6.23. The molecule has 0 bridgehead atoms. The summed E-state index contributed by atoms with van der Waals surface area (Å²) in [5, 5.41) is 5.75. The molecular formula is C14H21N3O2. The first kappa shape index (κ1) is 15.2. The number of hydrogen-bond donors (Lipinski definition) is 2. The van der Waals surface area contributed by atoms with E-state index >= 15 is 0 Å². The molecule has 1 unspecified atom stereocenters. The van der Waals surface area contributed by atoms with Gasteiger partial charge in [0.1, 0.15) is 0 Å². The molecule has 0 spiro atoms. The zero-order valence-electron chi connectivity index (χ0n) is 11.9. The second kappa shape index (κ2) is 6.89. The SMILES string of the molecule is CNC(C)C(=O)Nc1ccccc1CN(C)C(C)=O. The number of anilines is 1. The predicted molar refractivity (Wildman–Crippen MR) is 75.7 cm³/mol. The molecule has 19 heavy (non-hydrogen) atoms. The quantitative estimate of drug-likeness (QED) is 0.839. The van der Waals surface area contributed by atoms with Crippen LogP contribution in [0, 0.1) is 0 Å². The van der Waals surface area contributed by atoms with Gasteiger partial charge in [-0.25, -0.2) is 0 Å². The molecule has 5 heteroatoms. The number of nitrogens with zero attached hydrogens (tertiary/aromatic N) is 1. The van der Waals surface area contributed by atoms with Crippen LogP contribution in [0.2, 0.25) is 0 Å². The number of hydrogen-bond acceptors (Lipinski definition) is 3. The van der Waals surface area contributed by atoms with Gasteiger partial charge in [0.15, 0.2) is 0 Å². The third-order valence-electron chi connectivity index (χ3n) is 3.05. The summed E-state index contributed by atoms with van der Waals surface area (Å²) in [6.45, 7) is 3.78. The van der Waals surface area contributed by atoms with Crippen LogP contribution >= 0.6 is 0 Å². The first-order valence-corrected chi connectivity index (χ1v) is 6.23. The highest BCUT2D eigenvalue weighted by Crippen LogP contribution is 2.17. The second-order valence-corrected chi connectivity index (χ2v) is 4.53. The normalized spacial score (nSPS) is 11.8. The van der Waals surface area contributed by atoms with Crippen molar-refractivity contribution in [2.24, 2.45) is 0 Å². The molecule has 0 radical (unpaired) electrons. The van der Waals surface area contributed by atoms with Gasteiger partial charge in [0, 0.05) is 26.2 Å². The number of nitrogens with one attached hydrogen (secondary N) is 2. The molecule has 0 heterocycles. The molecule has 0 aliphatic carbocycles. The maximum absolute atomic E-state index is 11.9. The van der Waals surface area contributed by atoms with Gasteiger partial charge < -0.3 is 15.5 Å². The maximum atomic E-state index is 11.9. The van der Waals surface area contributed by atoms with Crippen LogP contribution in [0.3, 0.4) is 0 Å². The van der Waals surface area contributed by atoms with Gasteiger partial charge in [-0.1, -0.05) is 18.2 Å². The fourth-order valence-corrected chi connectivity index (χ4v) is 1.52. The number of amides is 2. The summed E-state index contributed by atoms with van der Waals surface area (Å²) in [5.74, 6) is -0.106. The molecule has 0 aliphatic rings. The zero-order chi connectivity index (χ0) is 14.4. The molecule has 0 aliphatic heterocycles. The predicted octanol–water partition coefficient (Wildman–Crippen LogP) is 1.21. The highest BCUT2D eigenvalue weighted by atomic mass is 16.2. The van der Waals surface area contributed by atoms with E-state index in [0.29, 0.717) is 6.54 Å². The summed E-state index contributed by atoms with van der Waals surface area (Å²) in [4.78, 5) is 24.7. The third kappa shape index (κ3) is 4.37. The van der Waals surface area contributed by atoms with Crippen LogP contribution in [-0.2, 0) is 16.1 Å². The average Bonchev–Trinajstić information content (AvgIpc) is 2.39. The number of carbonyl (C=O) groups is 2. The molecule has 1 aromatic rings. The Morgan fingerprint density at radius 2 is 1.95 bits per heavy atom. The smallest absolute Gasteiger partial charge is 0.241 e. The van der Waals surface area contributed by atoms with Crippen LogP contribution in [0.25, 0.3) is 0 Å². The van der Waals surface area contributed by atoms with E-state index in [1.807, 2.05) is 24.3 Å². The minimum atomic E-state index is -0.265. The van der Waals surface area contributed by atoms with E-state index in [0.717, 1.165) is 11.3 Å². The lowest BCUT2D eigenvalue weighted by atomic mass is 10.1. The molecule has 2 N–H and O–H groups in total. The Hall–Kier alpha value is -1.88. The van der Waals surface area contributed by atoms with Crippen molar-refractivity contribution in [2.75, 3.05) is 19.4 Å². The lowest BCUT2D eigenvalue weighted by Crippen LogP contribution is -2.36. The Morgan fingerprint density at radius 1 is 1.32 bits per heavy atom. The van der Waals surface area contributed by atoms with Crippen molar-refractivity contribution in [3.05, 3.63) is 29.8 Å². The summed E-state index contributed by atoms with van der Waals surface area (Å²) in [7, 11) is 3.47. The summed E-state index contributed by atoms with van der Waals surface area (Å²) in [6.07, 6.45) is 0. The first-order chi connectivity index (χ1) is 8.95. The molecule has 0 aromatic heterocycles. The molecule has 1 rings (SSSR count). The molecule has 1 aromatic carbocycles. The van der Waals surface area contributed by atoms with Gasteiger partial charge in [0.05, 0.1) is 6.04 Å². The van der Waals surface area contributed by atoms with Crippen molar-refractivity contribution >= 4 is 17.5 Å². The van der Waals surface area contributed by atoms with Crippen LogP contribution in [0.5, 0.6) is 0 Å². The second-order valence-electron chi connectivity index (χ2n) is 4.53. The van der Waals surface area contributed by atoms with E-state index in [9.17, 15) is 9.59 Å². The largest absolute Gasteiger partial charge is 0.342 e. The zero-order valence-corrected chi connectivity index (χ0v) is 11.9. The molecule has 0 fully saturated rings. The number of benzene rings is 1. The highest BCUT2D eigenvalue weighted by Gasteiger charge is 2.13. The number of rotatable bonds is 5. The van der Waals surface area contributed by atoms with Crippen LogP contribution in [0.4, 0.5) is 5.69 Å². The molecule has 104 valence electrons. The summed E-state index contributed by atoms with van der Waals surface area (Å²) in [5.41, 5.74) is 1.65. The third-order valence-corrected chi connectivity index (χ3v) is 3.05. The van der Waals surface area contributed by atoms with Crippen LogP contribution < -0.4 is 10.6 Å². The fraction of sp³-hybridized carbons (Fsp3) is 0.429. The highest BCUT2D eigenvalue weighted by molar-refractivity contribution is 5.95. The van der Waals surface area contributed by atoms with E-state index in [4.69, 9.17) is 0 Å². The molecule has 1 atom stereocenters. The standard InChI is InChI=1S/C14H21N3O2/c1-10(15-3)14(19)16-13-8-6-5-7-12(13)9-17(4)11(2)18/h5-8,10,15H,9H2,1-4H3,(H,16,19). The van der Waals surface area contributed by atoms with Gasteiger partial charge in [0.25, 0.3) is 0 Å². The van der Waals surface area contributed by atoms with Gasteiger partial charge in [-0.3, -0.25) is 9.59 Å². The Kier molecular flexibility index (Phi) is 5.51. The maximum Gasteiger partial charge on any atom is 0.241 e. The fourth-order valence-electron chi connectivity index (χ4n) is 1.52. The average molecular weight is 263 g/mol. The van der Waals surface area contributed by atoms with Crippen molar-refractivity contribution in [1.82, 2.24) is 10.2 Å². The van der Waals surface area contributed by atoms with E-state index < -0.39 is 0 Å². The van der Waals surface area contributed by atoms with Crippen molar-refractivity contribution < 1.29 is 9.59 Å². The van der Waals surface area contributed by atoms with E-state index in [-0.39, 0.29) is 17.9 Å². The summed E-state index contributed by atoms with van der Waals surface area (Å²) in [6, 6.07) is 7.22. The molecule has 0 saturated carbocycles. The van der Waals surface area contributed by atoms with Gasteiger partial charge >= 0.3 is 0 Å². The Bertz CT molecular complexity index is 460. The van der Waals surface area contributed by atoms with Gasteiger partial charge in [0.2, 0.25) is 11.8 Å². The van der Waals surface area contributed by atoms with Crippen molar-refractivity contribution in [3.63, 3.8) is 0 Å². The van der Waals surface area contributed by atoms with Gasteiger partial charge in [-0.15, -0.1) is 0 Å². The topological polar surface area (TPSA) is 61.4 Å². The molecule has 2 amide bonds. The van der Waals surface area contributed by atoms with Crippen LogP contribution in [0.1, 0.15) is 19.4 Å².